The first-order valence-corrected chi connectivity index (χ1v) is 7.84. The topological polar surface area (TPSA) is 0 Å². The second-order valence-corrected chi connectivity index (χ2v) is 6.71. The molecular weight excluding hydrogens is 308 g/mol. The maximum atomic E-state index is 3.76. The second-order valence-electron chi connectivity index (χ2n) is 5.86. The molecule has 0 amide bonds. The Balaban J connectivity index is 2.21. The van der Waals surface area contributed by atoms with E-state index in [0.717, 1.165) is 6.42 Å². The summed E-state index contributed by atoms with van der Waals surface area (Å²) in [7, 11) is 0. The maximum absolute atomic E-state index is 3.76. The number of benzene rings is 2. The van der Waals surface area contributed by atoms with Crippen molar-refractivity contribution in [2.75, 3.05) is 0 Å². The lowest BCUT2D eigenvalue weighted by molar-refractivity contribution is 1.28. The summed E-state index contributed by atoms with van der Waals surface area (Å²) >= 11 is 3.76. The predicted octanol–water partition coefficient (Wildman–Crippen LogP) is 6.00. The zero-order valence-electron chi connectivity index (χ0n) is 12.5. The smallest absolute Gasteiger partial charge is 0.0259 e. The average molecular weight is 327 g/mol. The molecule has 0 spiro atoms. The maximum Gasteiger partial charge on any atom is 0.0259 e. The molecule has 1 aliphatic carbocycles. The molecule has 0 unspecified atom stereocenters. The lowest BCUT2D eigenvalue weighted by Crippen LogP contribution is -1.93. The van der Waals surface area contributed by atoms with Gasteiger partial charge in [0.25, 0.3) is 0 Å². The van der Waals surface area contributed by atoms with Crippen LogP contribution in [0.5, 0.6) is 0 Å². The average Bonchev–Trinajstić information content (AvgIpc) is 2.70. The molecule has 0 aromatic heterocycles. The summed E-state index contributed by atoms with van der Waals surface area (Å²) in [5.41, 5.74) is 11.0. The van der Waals surface area contributed by atoms with E-state index in [9.17, 15) is 0 Å². The Morgan fingerprint density at radius 3 is 2.15 bits per heavy atom. The summed E-state index contributed by atoms with van der Waals surface area (Å²) in [5, 5.41) is 0. The lowest BCUT2D eigenvalue weighted by Gasteiger charge is -2.15. The van der Waals surface area contributed by atoms with Crippen LogP contribution in [-0.2, 0) is 6.42 Å². The van der Waals surface area contributed by atoms with Crippen LogP contribution in [0.4, 0.5) is 0 Å². The minimum Gasteiger partial charge on any atom is -0.0765 e. The van der Waals surface area contributed by atoms with E-state index in [4.69, 9.17) is 0 Å². The number of fused-ring (bicyclic) bond motifs is 1. The van der Waals surface area contributed by atoms with Crippen molar-refractivity contribution in [3.05, 3.63) is 62.6 Å². The van der Waals surface area contributed by atoms with Gasteiger partial charge in [-0.05, 0) is 79.1 Å². The molecule has 0 N–H and O–H groups in total. The van der Waals surface area contributed by atoms with Crippen molar-refractivity contribution in [1.82, 2.24) is 0 Å². The quantitative estimate of drug-likeness (QED) is 0.602. The van der Waals surface area contributed by atoms with Gasteiger partial charge in [-0.15, -0.1) is 0 Å². The van der Waals surface area contributed by atoms with E-state index in [1.165, 1.54) is 49.0 Å². The van der Waals surface area contributed by atoms with Crippen LogP contribution in [0, 0.1) is 20.8 Å². The molecule has 1 aliphatic rings. The van der Waals surface area contributed by atoms with Gasteiger partial charge in [0.1, 0.15) is 0 Å². The molecule has 0 atom stereocenters. The lowest BCUT2D eigenvalue weighted by atomic mass is 9.91. The van der Waals surface area contributed by atoms with Crippen LogP contribution < -0.4 is 0 Å². The number of allylic oxidation sites excluding steroid dienone is 2. The highest BCUT2D eigenvalue weighted by atomic mass is 79.9. The molecule has 3 rings (SSSR count). The third kappa shape index (κ3) is 2.14. The Morgan fingerprint density at radius 2 is 1.50 bits per heavy atom. The molecule has 0 aliphatic heterocycles. The summed E-state index contributed by atoms with van der Waals surface area (Å²) in [5.74, 6) is 0. The first-order chi connectivity index (χ1) is 9.47. The van der Waals surface area contributed by atoms with Gasteiger partial charge in [0.2, 0.25) is 0 Å². The molecule has 0 bridgehead atoms. The van der Waals surface area contributed by atoms with Gasteiger partial charge in [-0.2, -0.15) is 0 Å². The Hall–Kier alpha value is -1.34. The Bertz CT molecular complexity index is 713. The fraction of sp³-hybridized carbons (Fsp3) is 0.263. The molecule has 0 nitrogen and oxygen atoms in total. The molecule has 20 heavy (non-hydrogen) atoms. The van der Waals surface area contributed by atoms with Crippen LogP contribution in [0.25, 0.3) is 16.7 Å². The van der Waals surface area contributed by atoms with Gasteiger partial charge in [0.15, 0.2) is 0 Å². The number of hydrogen-bond acceptors (Lipinski definition) is 0. The standard InChI is InChI=1S/C19H19Br/c1-11-7-13(3)18(14(4)8-11)16-9-15-6-5-12(2)19(15)17(20)10-16/h5,7-10H,6H2,1-4H3. The molecule has 0 saturated carbocycles. The second kappa shape index (κ2) is 4.89. The fourth-order valence-electron chi connectivity index (χ4n) is 3.41. The molecule has 2 aromatic rings. The minimum absolute atomic E-state index is 1.05. The zero-order valence-corrected chi connectivity index (χ0v) is 14.1. The number of halogens is 1. The highest BCUT2D eigenvalue weighted by Gasteiger charge is 2.17. The van der Waals surface area contributed by atoms with E-state index in [0.29, 0.717) is 0 Å². The number of rotatable bonds is 1. The Kier molecular flexibility index (Phi) is 3.33. The normalized spacial score (nSPS) is 13.3. The van der Waals surface area contributed by atoms with Gasteiger partial charge in [-0.25, -0.2) is 0 Å². The van der Waals surface area contributed by atoms with Crippen LogP contribution in [0.2, 0.25) is 0 Å². The molecule has 0 heterocycles. The van der Waals surface area contributed by atoms with E-state index < -0.39 is 0 Å². The molecule has 0 saturated heterocycles. The van der Waals surface area contributed by atoms with Crippen molar-refractivity contribution in [3.8, 4) is 11.1 Å². The van der Waals surface area contributed by atoms with Crippen LogP contribution >= 0.6 is 15.9 Å². The van der Waals surface area contributed by atoms with Gasteiger partial charge in [-0.1, -0.05) is 45.8 Å². The van der Waals surface area contributed by atoms with E-state index in [-0.39, 0.29) is 0 Å². The van der Waals surface area contributed by atoms with Gasteiger partial charge in [-0.3, -0.25) is 0 Å². The van der Waals surface area contributed by atoms with Gasteiger partial charge < -0.3 is 0 Å². The molecule has 102 valence electrons. The van der Waals surface area contributed by atoms with Crippen molar-refractivity contribution >= 4 is 21.5 Å². The van der Waals surface area contributed by atoms with Crippen molar-refractivity contribution in [2.45, 2.75) is 34.1 Å². The van der Waals surface area contributed by atoms with Gasteiger partial charge in [0.05, 0.1) is 0 Å². The molecule has 2 aromatic carbocycles. The fourth-order valence-corrected chi connectivity index (χ4v) is 4.23. The van der Waals surface area contributed by atoms with Crippen molar-refractivity contribution in [1.29, 1.82) is 0 Å². The highest BCUT2D eigenvalue weighted by Crippen LogP contribution is 2.39. The van der Waals surface area contributed by atoms with Crippen molar-refractivity contribution < 1.29 is 0 Å². The van der Waals surface area contributed by atoms with Crippen molar-refractivity contribution in [2.24, 2.45) is 0 Å². The van der Waals surface area contributed by atoms with E-state index >= 15 is 0 Å². The largest absolute Gasteiger partial charge is 0.0765 e. The number of aryl methyl sites for hydroxylation is 3. The third-order valence-electron chi connectivity index (χ3n) is 4.16. The van der Waals surface area contributed by atoms with E-state index in [1.54, 1.807) is 0 Å². The van der Waals surface area contributed by atoms with Crippen LogP contribution in [-0.4, -0.2) is 0 Å². The Morgan fingerprint density at radius 1 is 0.850 bits per heavy atom. The summed E-state index contributed by atoms with van der Waals surface area (Å²) in [6.45, 7) is 8.77. The van der Waals surface area contributed by atoms with Gasteiger partial charge in [0, 0.05) is 4.47 Å². The summed E-state index contributed by atoms with van der Waals surface area (Å²) < 4.78 is 1.22. The van der Waals surface area contributed by atoms with Crippen molar-refractivity contribution in [3.63, 3.8) is 0 Å². The van der Waals surface area contributed by atoms with E-state index in [2.05, 4.69) is 74.0 Å². The first-order valence-electron chi connectivity index (χ1n) is 7.05. The van der Waals surface area contributed by atoms with Crippen LogP contribution in [0.15, 0.2) is 34.8 Å². The minimum atomic E-state index is 1.05. The zero-order chi connectivity index (χ0) is 14.4. The molecule has 0 fully saturated rings. The molecule has 1 heteroatoms. The predicted molar refractivity (Wildman–Crippen MR) is 91.1 cm³/mol. The molecule has 0 radical (unpaired) electrons. The Labute approximate surface area is 129 Å². The monoisotopic (exact) mass is 326 g/mol. The molecular formula is C19H19Br. The summed E-state index contributed by atoms with van der Waals surface area (Å²) in [6.07, 6.45) is 3.37. The SMILES string of the molecule is CC1=CCc2cc(-c3c(C)cc(C)cc3C)cc(Br)c21. The van der Waals surface area contributed by atoms with Crippen LogP contribution in [0.1, 0.15) is 34.7 Å². The number of hydrogen-bond donors (Lipinski definition) is 0. The third-order valence-corrected chi connectivity index (χ3v) is 4.79. The summed E-state index contributed by atoms with van der Waals surface area (Å²) in [6, 6.07) is 9.17. The van der Waals surface area contributed by atoms with Crippen LogP contribution in [0.3, 0.4) is 0 Å². The highest BCUT2D eigenvalue weighted by molar-refractivity contribution is 9.10. The van der Waals surface area contributed by atoms with Gasteiger partial charge >= 0.3 is 0 Å². The summed E-state index contributed by atoms with van der Waals surface area (Å²) in [4.78, 5) is 0. The van der Waals surface area contributed by atoms with E-state index in [1.807, 2.05) is 0 Å². The first kappa shape index (κ1) is 13.6.